The lowest BCUT2D eigenvalue weighted by molar-refractivity contribution is -0.384. The van der Waals surface area contributed by atoms with Crippen LogP contribution in [0.2, 0.25) is 0 Å². The number of fused-ring (bicyclic) bond motifs is 1. The van der Waals surface area contributed by atoms with Crippen LogP contribution in [0, 0.1) is 10.1 Å². The number of nitro groups is 1. The Kier molecular flexibility index (Phi) is 6.20. The molecule has 0 atom stereocenters. The van der Waals surface area contributed by atoms with E-state index < -0.39 is 33.1 Å². The molecule has 0 saturated heterocycles. The van der Waals surface area contributed by atoms with Gasteiger partial charge in [-0.25, -0.2) is 13.2 Å². The van der Waals surface area contributed by atoms with Crippen molar-refractivity contribution in [3.63, 3.8) is 0 Å². The maximum atomic E-state index is 13.1. The maximum Gasteiger partial charge on any atom is 0.339 e. The van der Waals surface area contributed by atoms with E-state index >= 15 is 0 Å². The highest BCUT2D eigenvalue weighted by molar-refractivity contribution is 7.91. The molecule has 0 saturated carbocycles. The lowest BCUT2D eigenvalue weighted by Gasteiger charge is -2.10. The van der Waals surface area contributed by atoms with Crippen LogP contribution in [0.25, 0.3) is 10.8 Å². The van der Waals surface area contributed by atoms with Crippen molar-refractivity contribution < 1.29 is 27.7 Å². The summed E-state index contributed by atoms with van der Waals surface area (Å²) in [5, 5.41) is 12.7. The minimum atomic E-state index is -4.18. The van der Waals surface area contributed by atoms with Crippen molar-refractivity contribution in [2.45, 2.75) is 9.79 Å². The van der Waals surface area contributed by atoms with Gasteiger partial charge in [0.15, 0.2) is 12.4 Å². The largest absolute Gasteiger partial charge is 0.454 e. The second-order valence-electron chi connectivity index (χ2n) is 7.31. The molecular formula is C25H17NO7S. The zero-order valence-electron chi connectivity index (χ0n) is 17.6. The summed E-state index contributed by atoms with van der Waals surface area (Å²) in [5.74, 6) is -1.41. The molecular weight excluding hydrogens is 458 g/mol. The number of benzene rings is 4. The number of nitro benzene ring substituents is 1. The fourth-order valence-corrected chi connectivity index (χ4v) is 4.85. The molecule has 0 amide bonds. The third-order valence-electron chi connectivity index (χ3n) is 5.16. The van der Waals surface area contributed by atoms with Crippen molar-refractivity contribution in [3.05, 3.63) is 112 Å². The molecule has 0 bridgehead atoms. The number of ketones is 1. The molecule has 0 spiro atoms. The normalized spacial score (nSPS) is 11.2. The van der Waals surface area contributed by atoms with E-state index in [0.717, 1.165) is 35.0 Å². The van der Waals surface area contributed by atoms with Crippen LogP contribution in [0.3, 0.4) is 0 Å². The lowest BCUT2D eigenvalue weighted by atomic mass is 10.0. The fraction of sp³-hybridized carbons (Fsp3) is 0.0400. The van der Waals surface area contributed by atoms with Gasteiger partial charge in [0.05, 0.1) is 20.3 Å². The van der Waals surface area contributed by atoms with Crippen LogP contribution in [0.1, 0.15) is 20.7 Å². The van der Waals surface area contributed by atoms with Gasteiger partial charge in [-0.3, -0.25) is 14.9 Å². The molecule has 0 unspecified atom stereocenters. The molecule has 4 aromatic rings. The molecule has 0 aliphatic carbocycles. The number of non-ortho nitro benzene ring substituents is 1. The third kappa shape index (κ3) is 4.55. The molecule has 0 aliphatic rings. The van der Waals surface area contributed by atoms with Crippen molar-refractivity contribution in [3.8, 4) is 0 Å². The molecule has 0 aromatic heterocycles. The van der Waals surface area contributed by atoms with Crippen LogP contribution in [0.5, 0.6) is 0 Å². The van der Waals surface area contributed by atoms with Crippen molar-refractivity contribution in [1.82, 2.24) is 0 Å². The Labute approximate surface area is 194 Å². The van der Waals surface area contributed by atoms with Crippen LogP contribution in [0.15, 0.2) is 101 Å². The van der Waals surface area contributed by atoms with Crippen molar-refractivity contribution in [2.75, 3.05) is 6.61 Å². The first-order chi connectivity index (χ1) is 16.3. The van der Waals surface area contributed by atoms with E-state index in [9.17, 15) is 28.1 Å². The van der Waals surface area contributed by atoms with E-state index in [4.69, 9.17) is 4.74 Å². The van der Waals surface area contributed by atoms with E-state index in [0.29, 0.717) is 5.56 Å². The van der Waals surface area contributed by atoms with E-state index in [1.54, 1.807) is 18.2 Å². The second-order valence-corrected chi connectivity index (χ2v) is 9.23. The summed E-state index contributed by atoms with van der Waals surface area (Å²) in [6, 6.07) is 22.4. The molecule has 0 radical (unpaired) electrons. The highest BCUT2D eigenvalue weighted by Gasteiger charge is 2.26. The highest BCUT2D eigenvalue weighted by Crippen LogP contribution is 2.26. The Morgan fingerprint density at radius 3 is 2.18 bits per heavy atom. The Bertz CT molecular complexity index is 1530. The van der Waals surface area contributed by atoms with Gasteiger partial charge in [-0.1, -0.05) is 48.5 Å². The Morgan fingerprint density at radius 1 is 0.824 bits per heavy atom. The van der Waals surface area contributed by atoms with Crippen LogP contribution in [0.4, 0.5) is 5.69 Å². The number of carbonyl (C=O) groups is 2. The topological polar surface area (TPSA) is 121 Å². The Hall–Kier alpha value is -4.37. The predicted octanol–water partition coefficient (Wildman–Crippen LogP) is 4.62. The van der Waals surface area contributed by atoms with E-state index in [-0.39, 0.29) is 21.0 Å². The summed E-state index contributed by atoms with van der Waals surface area (Å²) >= 11 is 0. The van der Waals surface area contributed by atoms with Crippen molar-refractivity contribution >= 4 is 38.0 Å². The number of carbonyl (C=O) groups excluding carboxylic acids is 2. The average Bonchev–Trinajstić information content (AvgIpc) is 2.86. The van der Waals surface area contributed by atoms with E-state index in [1.165, 1.54) is 24.3 Å². The number of Topliss-reactive ketones (excluding diaryl/α,β-unsaturated/α-hetero) is 1. The number of esters is 1. The summed E-state index contributed by atoms with van der Waals surface area (Å²) in [6.45, 7) is -0.566. The van der Waals surface area contributed by atoms with Crippen LogP contribution < -0.4 is 0 Å². The highest BCUT2D eigenvalue weighted by atomic mass is 32.2. The van der Waals surface area contributed by atoms with Gasteiger partial charge in [-0.05, 0) is 41.1 Å². The van der Waals surface area contributed by atoms with Gasteiger partial charge in [0.1, 0.15) is 0 Å². The van der Waals surface area contributed by atoms with Crippen LogP contribution in [-0.2, 0) is 14.6 Å². The first kappa shape index (κ1) is 22.8. The third-order valence-corrected chi connectivity index (χ3v) is 6.99. The first-order valence-corrected chi connectivity index (χ1v) is 11.5. The fourth-order valence-electron chi connectivity index (χ4n) is 3.40. The van der Waals surface area contributed by atoms with Gasteiger partial charge in [0.25, 0.3) is 5.69 Å². The summed E-state index contributed by atoms with van der Waals surface area (Å²) in [7, 11) is -4.18. The summed E-state index contributed by atoms with van der Waals surface area (Å²) in [5.41, 5.74) is -0.149. The number of hydrogen-bond acceptors (Lipinski definition) is 7. The second kappa shape index (κ2) is 9.24. The Balaban J connectivity index is 1.55. The molecule has 9 heteroatoms. The maximum absolute atomic E-state index is 13.1. The lowest BCUT2D eigenvalue weighted by Crippen LogP contribution is -2.17. The quantitative estimate of drug-likeness (QED) is 0.165. The zero-order chi connectivity index (χ0) is 24.3. The van der Waals surface area contributed by atoms with Crippen LogP contribution in [-0.4, -0.2) is 31.7 Å². The molecule has 8 nitrogen and oxygen atoms in total. The number of hydrogen-bond donors (Lipinski definition) is 0. The van der Waals surface area contributed by atoms with Gasteiger partial charge < -0.3 is 4.74 Å². The summed E-state index contributed by atoms with van der Waals surface area (Å²) in [4.78, 5) is 34.9. The Morgan fingerprint density at radius 2 is 1.47 bits per heavy atom. The molecule has 34 heavy (non-hydrogen) atoms. The SMILES string of the molecule is O=C(COC(=O)c1ccccc1S(=O)(=O)c1ccc([N+](=O)[O-])cc1)c1ccc2ccccc2c1. The van der Waals surface area contributed by atoms with E-state index in [2.05, 4.69) is 0 Å². The standard InChI is InChI=1S/C25H17NO7S/c27-23(19-10-9-17-5-1-2-6-18(17)15-19)16-33-25(28)22-7-3-4-8-24(22)34(31,32)21-13-11-20(12-14-21)26(29)30/h1-15H,16H2. The molecule has 0 heterocycles. The smallest absolute Gasteiger partial charge is 0.339 e. The molecule has 4 rings (SSSR count). The van der Waals surface area contributed by atoms with Gasteiger partial charge >= 0.3 is 5.97 Å². The molecule has 0 aliphatic heterocycles. The molecule has 0 fully saturated rings. The minimum Gasteiger partial charge on any atom is -0.454 e. The number of rotatable bonds is 7. The average molecular weight is 475 g/mol. The molecule has 4 aromatic carbocycles. The number of sulfone groups is 1. The van der Waals surface area contributed by atoms with Crippen molar-refractivity contribution in [2.24, 2.45) is 0 Å². The first-order valence-electron chi connectivity index (χ1n) is 10.0. The van der Waals surface area contributed by atoms with Gasteiger partial charge in [0.2, 0.25) is 9.84 Å². The van der Waals surface area contributed by atoms with Gasteiger partial charge in [0, 0.05) is 17.7 Å². The van der Waals surface area contributed by atoms with Gasteiger partial charge in [-0.2, -0.15) is 0 Å². The zero-order valence-corrected chi connectivity index (χ0v) is 18.4. The summed E-state index contributed by atoms with van der Waals surface area (Å²) < 4.78 is 31.3. The summed E-state index contributed by atoms with van der Waals surface area (Å²) in [6.07, 6.45) is 0. The predicted molar refractivity (Wildman–Crippen MR) is 124 cm³/mol. The number of ether oxygens (including phenoxy) is 1. The molecule has 170 valence electrons. The molecule has 0 N–H and O–H groups in total. The number of nitrogens with zero attached hydrogens (tertiary/aromatic N) is 1. The minimum absolute atomic E-state index is 0.217. The van der Waals surface area contributed by atoms with E-state index in [1.807, 2.05) is 24.3 Å². The van der Waals surface area contributed by atoms with Crippen molar-refractivity contribution in [1.29, 1.82) is 0 Å². The van der Waals surface area contributed by atoms with Gasteiger partial charge in [-0.15, -0.1) is 0 Å². The van der Waals surface area contributed by atoms with Crippen LogP contribution >= 0.6 is 0 Å². The monoisotopic (exact) mass is 475 g/mol.